The smallest absolute Gasteiger partial charge is 0.251 e. The monoisotopic (exact) mass is 367 g/mol. The summed E-state index contributed by atoms with van der Waals surface area (Å²) in [7, 11) is 0. The number of carbonyl (C=O) groups excluding carboxylic acids is 3. The number of carbonyl (C=O) groups is 3. The van der Waals surface area contributed by atoms with Gasteiger partial charge in [0.15, 0.2) is 0 Å². The van der Waals surface area contributed by atoms with Gasteiger partial charge in [0, 0.05) is 5.56 Å². The Morgan fingerprint density at radius 3 is 2.11 bits per heavy atom. The van der Waals surface area contributed by atoms with Gasteiger partial charge in [-0.3, -0.25) is 14.4 Å². The Bertz CT molecular complexity index is 852. The number of anilines is 1. The number of nitrogens with one attached hydrogen (secondary N) is 2. The fourth-order valence-electron chi connectivity index (χ4n) is 2.52. The molecule has 0 heterocycles. The zero-order chi connectivity index (χ0) is 20.2. The van der Waals surface area contributed by atoms with Crippen molar-refractivity contribution in [3.63, 3.8) is 0 Å². The number of para-hydroxylation sites is 1. The predicted octanol–water partition coefficient (Wildman–Crippen LogP) is 2.84. The number of primary amides is 1. The topological polar surface area (TPSA) is 101 Å². The maximum atomic E-state index is 12.4. The number of amides is 3. The van der Waals surface area contributed by atoms with Crippen LogP contribution in [0.5, 0.6) is 0 Å². The van der Waals surface area contributed by atoms with E-state index in [-0.39, 0.29) is 16.9 Å². The van der Waals surface area contributed by atoms with Crippen molar-refractivity contribution in [3.8, 4) is 0 Å². The van der Waals surface area contributed by atoms with Gasteiger partial charge in [0.1, 0.15) is 6.04 Å². The van der Waals surface area contributed by atoms with Crippen LogP contribution in [0.3, 0.4) is 0 Å². The summed E-state index contributed by atoms with van der Waals surface area (Å²) in [5.41, 5.74) is 7.41. The molecule has 142 valence electrons. The van der Waals surface area contributed by atoms with Gasteiger partial charge in [-0.25, -0.2) is 0 Å². The van der Waals surface area contributed by atoms with Gasteiger partial charge in [-0.15, -0.1) is 0 Å². The van der Waals surface area contributed by atoms with Crippen molar-refractivity contribution in [2.24, 2.45) is 5.73 Å². The molecule has 2 aromatic rings. The van der Waals surface area contributed by atoms with Gasteiger partial charge in [-0.2, -0.15) is 0 Å². The highest BCUT2D eigenvalue weighted by Crippen LogP contribution is 2.22. The van der Waals surface area contributed by atoms with Crippen molar-refractivity contribution < 1.29 is 14.4 Å². The Morgan fingerprint density at radius 1 is 0.963 bits per heavy atom. The Hall–Kier alpha value is -3.15. The van der Waals surface area contributed by atoms with Gasteiger partial charge in [0.2, 0.25) is 5.91 Å². The van der Waals surface area contributed by atoms with Crippen LogP contribution in [0.15, 0.2) is 48.5 Å². The van der Waals surface area contributed by atoms with E-state index in [1.807, 2.05) is 12.1 Å². The van der Waals surface area contributed by atoms with Crippen LogP contribution in [0.2, 0.25) is 0 Å². The van der Waals surface area contributed by atoms with Crippen LogP contribution >= 0.6 is 0 Å². The molecule has 0 aliphatic heterocycles. The number of rotatable bonds is 5. The highest BCUT2D eigenvalue weighted by Gasteiger charge is 2.19. The van der Waals surface area contributed by atoms with Crippen molar-refractivity contribution in [1.29, 1.82) is 0 Å². The normalized spacial score (nSPS) is 12.1. The second kappa shape index (κ2) is 8.03. The SMILES string of the molecule is CC(NC(=O)c1ccc(C(C)(C)C)cc1)C(=O)Nc1ccccc1C(N)=O. The Labute approximate surface area is 159 Å². The van der Waals surface area contributed by atoms with Crippen LogP contribution in [0.25, 0.3) is 0 Å². The van der Waals surface area contributed by atoms with Crippen molar-refractivity contribution in [2.75, 3.05) is 5.32 Å². The van der Waals surface area contributed by atoms with E-state index in [9.17, 15) is 14.4 Å². The largest absolute Gasteiger partial charge is 0.366 e. The number of nitrogens with two attached hydrogens (primary N) is 1. The third kappa shape index (κ3) is 5.17. The van der Waals surface area contributed by atoms with Crippen molar-refractivity contribution in [3.05, 3.63) is 65.2 Å². The third-order valence-electron chi connectivity index (χ3n) is 4.20. The summed E-state index contributed by atoms with van der Waals surface area (Å²) in [6.07, 6.45) is 0. The number of hydrogen-bond acceptors (Lipinski definition) is 3. The molecule has 2 aromatic carbocycles. The second-order valence-corrected chi connectivity index (χ2v) is 7.42. The zero-order valence-electron chi connectivity index (χ0n) is 16.0. The van der Waals surface area contributed by atoms with Crippen LogP contribution in [0.4, 0.5) is 5.69 Å². The predicted molar refractivity (Wildman–Crippen MR) is 106 cm³/mol. The minimum atomic E-state index is -0.791. The van der Waals surface area contributed by atoms with E-state index < -0.39 is 17.9 Å². The fraction of sp³-hybridized carbons (Fsp3) is 0.286. The van der Waals surface area contributed by atoms with Crippen LogP contribution in [0, 0.1) is 0 Å². The molecule has 0 aromatic heterocycles. The van der Waals surface area contributed by atoms with Crippen LogP contribution in [-0.2, 0) is 10.2 Å². The lowest BCUT2D eigenvalue weighted by atomic mass is 9.86. The van der Waals surface area contributed by atoms with Gasteiger partial charge in [-0.1, -0.05) is 45.0 Å². The first-order valence-electron chi connectivity index (χ1n) is 8.70. The third-order valence-corrected chi connectivity index (χ3v) is 4.20. The molecule has 6 heteroatoms. The average Bonchev–Trinajstić information content (AvgIpc) is 2.61. The van der Waals surface area contributed by atoms with Gasteiger partial charge >= 0.3 is 0 Å². The molecule has 4 N–H and O–H groups in total. The molecule has 0 fully saturated rings. The van der Waals surface area contributed by atoms with Gasteiger partial charge < -0.3 is 16.4 Å². The molecule has 0 saturated heterocycles. The molecule has 3 amide bonds. The molecule has 0 saturated carbocycles. The quantitative estimate of drug-likeness (QED) is 0.757. The van der Waals surface area contributed by atoms with E-state index in [2.05, 4.69) is 31.4 Å². The van der Waals surface area contributed by atoms with Crippen LogP contribution in [-0.4, -0.2) is 23.8 Å². The molecule has 1 atom stereocenters. The summed E-state index contributed by atoms with van der Waals surface area (Å²) in [5, 5.41) is 5.28. The molecular weight excluding hydrogens is 342 g/mol. The van der Waals surface area contributed by atoms with Crippen LogP contribution in [0.1, 0.15) is 54.0 Å². The average molecular weight is 367 g/mol. The zero-order valence-corrected chi connectivity index (χ0v) is 16.0. The molecule has 2 rings (SSSR count). The first-order valence-corrected chi connectivity index (χ1v) is 8.70. The van der Waals surface area contributed by atoms with Gasteiger partial charge in [-0.05, 0) is 42.2 Å². The van der Waals surface area contributed by atoms with E-state index in [0.29, 0.717) is 11.3 Å². The Balaban J connectivity index is 2.04. The van der Waals surface area contributed by atoms with Crippen molar-refractivity contribution in [1.82, 2.24) is 5.32 Å². The standard InChI is InChI=1S/C21H25N3O3/c1-13(19(26)24-17-8-6-5-7-16(17)18(22)25)23-20(27)14-9-11-15(12-10-14)21(2,3)4/h5-13H,1-4H3,(H2,22,25)(H,23,27)(H,24,26). The van der Waals surface area contributed by atoms with Gasteiger partial charge in [0.25, 0.3) is 11.8 Å². The minimum absolute atomic E-state index is 0.00397. The molecule has 0 bridgehead atoms. The van der Waals surface area contributed by atoms with E-state index in [4.69, 9.17) is 5.73 Å². The van der Waals surface area contributed by atoms with Gasteiger partial charge in [0.05, 0.1) is 11.3 Å². The van der Waals surface area contributed by atoms with E-state index in [1.165, 1.54) is 6.07 Å². The molecule has 0 aliphatic rings. The maximum Gasteiger partial charge on any atom is 0.251 e. The maximum absolute atomic E-state index is 12.4. The summed E-state index contributed by atoms with van der Waals surface area (Å²) < 4.78 is 0. The Kier molecular flexibility index (Phi) is 6.00. The molecular formula is C21H25N3O3. The molecule has 0 aliphatic carbocycles. The van der Waals surface area contributed by atoms with Crippen molar-refractivity contribution >= 4 is 23.4 Å². The first-order chi connectivity index (χ1) is 12.6. The fourth-order valence-corrected chi connectivity index (χ4v) is 2.52. The van der Waals surface area contributed by atoms with Crippen molar-refractivity contribution in [2.45, 2.75) is 39.2 Å². The minimum Gasteiger partial charge on any atom is -0.366 e. The van der Waals surface area contributed by atoms with E-state index >= 15 is 0 Å². The summed E-state index contributed by atoms with van der Waals surface area (Å²) in [4.78, 5) is 36.2. The molecule has 1 unspecified atom stereocenters. The summed E-state index contributed by atoms with van der Waals surface area (Å²) in [6.45, 7) is 7.86. The highest BCUT2D eigenvalue weighted by atomic mass is 16.2. The lowest BCUT2D eigenvalue weighted by Gasteiger charge is -2.19. The highest BCUT2D eigenvalue weighted by molar-refractivity contribution is 6.05. The summed E-state index contributed by atoms with van der Waals surface area (Å²) in [5.74, 6) is -1.42. The van der Waals surface area contributed by atoms with E-state index in [1.54, 1.807) is 37.3 Å². The molecule has 27 heavy (non-hydrogen) atoms. The molecule has 6 nitrogen and oxygen atoms in total. The summed E-state index contributed by atoms with van der Waals surface area (Å²) in [6, 6.07) is 12.9. The van der Waals surface area contributed by atoms with E-state index in [0.717, 1.165) is 5.56 Å². The molecule has 0 radical (unpaired) electrons. The summed E-state index contributed by atoms with van der Waals surface area (Å²) >= 11 is 0. The molecule has 0 spiro atoms. The lowest BCUT2D eigenvalue weighted by Crippen LogP contribution is -2.41. The van der Waals surface area contributed by atoms with Crippen LogP contribution < -0.4 is 16.4 Å². The second-order valence-electron chi connectivity index (χ2n) is 7.42. The number of hydrogen-bond donors (Lipinski definition) is 3. The number of benzene rings is 2. The lowest BCUT2D eigenvalue weighted by molar-refractivity contribution is -0.117. The first kappa shape index (κ1) is 20.2. The Morgan fingerprint density at radius 2 is 1.56 bits per heavy atom.